The van der Waals surface area contributed by atoms with Gasteiger partial charge in [-0.1, -0.05) is 6.07 Å². The number of hydrogen-bond acceptors (Lipinski definition) is 4. The van der Waals surface area contributed by atoms with Crippen LogP contribution in [0.5, 0.6) is 5.75 Å². The maximum atomic E-state index is 13.8. The van der Waals surface area contributed by atoms with E-state index in [1.165, 1.54) is 23.1 Å². The minimum Gasteiger partial charge on any atom is -0.505 e. The Morgan fingerprint density at radius 3 is 2.74 bits per heavy atom. The van der Waals surface area contributed by atoms with Gasteiger partial charge in [0.05, 0.1) is 5.69 Å². The van der Waals surface area contributed by atoms with Gasteiger partial charge in [-0.05, 0) is 45.7 Å². The zero-order valence-corrected chi connectivity index (χ0v) is 13.4. The average Bonchev–Trinajstić information content (AvgIpc) is 2.91. The fourth-order valence-corrected chi connectivity index (χ4v) is 2.41. The predicted molar refractivity (Wildman–Crippen MR) is 82.7 cm³/mol. The van der Waals surface area contributed by atoms with Crippen LogP contribution in [0, 0.1) is 5.82 Å². The van der Waals surface area contributed by atoms with Gasteiger partial charge in [0, 0.05) is 6.54 Å². The number of phenols is 1. The molecule has 1 saturated heterocycles. The molecule has 23 heavy (non-hydrogen) atoms. The number of rotatable bonds is 2. The molecule has 1 aliphatic rings. The summed E-state index contributed by atoms with van der Waals surface area (Å²) in [5, 5.41) is 11.8. The number of carbonyl (C=O) groups is 2. The number of phenolic OH excluding ortho intramolecular Hbond substituents is 1. The topological polar surface area (TPSA) is 78.9 Å². The van der Waals surface area contributed by atoms with Gasteiger partial charge >= 0.3 is 6.09 Å². The van der Waals surface area contributed by atoms with Crippen LogP contribution >= 0.6 is 0 Å². The zero-order valence-electron chi connectivity index (χ0n) is 13.4. The molecule has 0 aromatic heterocycles. The molecule has 1 aromatic rings. The summed E-state index contributed by atoms with van der Waals surface area (Å²) in [5.41, 5.74) is -0.774. The molecule has 6 nitrogen and oxygen atoms in total. The maximum absolute atomic E-state index is 13.8. The molecule has 1 fully saturated rings. The number of halogens is 1. The Morgan fingerprint density at radius 2 is 2.09 bits per heavy atom. The number of carbonyl (C=O) groups excluding carboxylic acids is 2. The molecule has 0 unspecified atom stereocenters. The van der Waals surface area contributed by atoms with Crippen LogP contribution in [0.25, 0.3) is 0 Å². The number of aromatic hydroxyl groups is 1. The number of ether oxygens (including phenoxy) is 1. The summed E-state index contributed by atoms with van der Waals surface area (Å²) >= 11 is 0. The van der Waals surface area contributed by atoms with E-state index in [9.17, 15) is 19.1 Å². The molecule has 7 heteroatoms. The fourth-order valence-electron chi connectivity index (χ4n) is 2.41. The van der Waals surface area contributed by atoms with Crippen LogP contribution in [0.3, 0.4) is 0 Å². The van der Waals surface area contributed by atoms with Gasteiger partial charge in [0.25, 0.3) is 0 Å². The minimum absolute atomic E-state index is 0.119. The molecular weight excluding hydrogens is 303 g/mol. The molecule has 2 amide bonds. The molecule has 0 spiro atoms. The summed E-state index contributed by atoms with van der Waals surface area (Å²) in [6.07, 6.45) is 0.581. The number of nitrogens with zero attached hydrogens (tertiary/aromatic N) is 1. The van der Waals surface area contributed by atoms with Crippen molar-refractivity contribution in [3.8, 4) is 5.75 Å². The van der Waals surface area contributed by atoms with Gasteiger partial charge in [-0.2, -0.15) is 0 Å². The summed E-state index contributed by atoms with van der Waals surface area (Å²) in [4.78, 5) is 25.9. The quantitative estimate of drug-likeness (QED) is 0.877. The third-order valence-corrected chi connectivity index (χ3v) is 3.42. The van der Waals surface area contributed by atoms with Crippen molar-refractivity contribution in [2.75, 3.05) is 11.9 Å². The van der Waals surface area contributed by atoms with E-state index in [1.807, 2.05) is 0 Å². The summed E-state index contributed by atoms with van der Waals surface area (Å²) in [5.74, 6) is -1.95. The van der Waals surface area contributed by atoms with E-state index in [4.69, 9.17) is 4.74 Å². The van der Waals surface area contributed by atoms with Crippen LogP contribution in [0.4, 0.5) is 14.9 Å². The van der Waals surface area contributed by atoms with E-state index >= 15 is 0 Å². The Morgan fingerprint density at radius 1 is 1.39 bits per heavy atom. The lowest BCUT2D eigenvalue weighted by Crippen LogP contribution is -2.45. The van der Waals surface area contributed by atoms with Gasteiger partial charge in [-0.3, -0.25) is 9.69 Å². The Bertz CT molecular complexity index is 613. The van der Waals surface area contributed by atoms with E-state index in [0.717, 1.165) is 0 Å². The number of amides is 2. The molecule has 1 aliphatic heterocycles. The molecule has 1 aromatic carbocycles. The Balaban J connectivity index is 2.09. The molecule has 0 aliphatic carbocycles. The lowest BCUT2D eigenvalue weighted by molar-refractivity contribution is -0.120. The van der Waals surface area contributed by atoms with Crippen molar-refractivity contribution in [2.24, 2.45) is 0 Å². The predicted octanol–water partition coefficient (Wildman–Crippen LogP) is 2.87. The van der Waals surface area contributed by atoms with E-state index in [1.54, 1.807) is 20.8 Å². The first-order chi connectivity index (χ1) is 10.7. The summed E-state index contributed by atoms with van der Waals surface area (Å²) in [6.45, 7) is 5.66. The minimum atomic E-state index is -0.900. The van der Waals surface area contributed by atoms with Crippen molar-refractivity contribution in [2.45, 2.75) is 45.3 Å². The third-order valence-electron chi connectivity index (χ3n) is 3.42. The first kappa shape index (κ1) is 17.1. The molecule has 0 bridgehead atoms. The molecule has 2 rings (SSSR count). The molecule has 0 radical (unpaired) electrons. The number of hydrogen-bond donors (Lipinski definition) is 2. The normalized spacial score (nSPS) is 17.9. The smallest absolute Gasteiger partial charge is 0.410 e. The number of benzene rings is 1. The van der Waals surface area contributed by atoms with Crippen LogP contribution in [-0.4, -0.2) is 40.2 Å². The van der Waals surface area contributed by atoms with Crippen molar-refractivity contribution in [3.63, 3.8) is 0 Å². The average molecular weight is 324 g/mol. The van der Waals surface area contributed by atoms with E-state index in [-0.39, 0.29) is 5.69 Å². The second-order valence-electron chi connectivity index (χ2n) is 6.46. The molecular formula is C16H21FN2O4. The van der Waals surface area contributed by atoms with Crippen molar-refractivity contribution >= 4 is 17.7 Å². The van der Waals surface area contributed by atoms with Crippen LogP contribution < -0.4 is 5.32 Å². The third kappa shape index (κ3) is 4.12. The first-order valence-electron chi connectivity index (χ1n) is 7.47. The van der Waals surface area contributed by atoms with Crippen LogP contribution in [0.2, 0.25) is 0 Å². The standard InChI is InChI=1S/C16H21FN2O4/c1-16(2,3)23-15(22)19-9-5-7-11(19)14(21)18-10-6-4-8-12(20)13(10)17/h4,6,8,11,20H,5,7,9H2,1-3H3,(H,18,21)/t11-/m0/s1. The van der Waals surface area contributed by atoms with Crippen LogP contribution in [0.15, 0.2) is 18.2 Å². The lowest BCUT2D eigenvalue weighted by atomic mass is 10.2. The fraction of sp³-hybridized carbons (Fsp3) is 0.500. The second kappa shape index (κ2) is 6.44. The molecule has 1 atom stereocenters. The number of likely N-dealkylation sites (tertiary alicyclic amines) is 1. The van der Waals surface area contributed by atoms with Gasteiger partial charge in [0.1, 0.15) is 11.6 Å². The highest BCUT2D eigenvalue weighted by Gasteiger charge is 2.36. The number of nitrogens with one attached hydrogen (secondary N) is 1. The monoisotopic (exact) mass is 324 g/mol. The second-order valence-corrected chi connectivity index (χ2v) is 6.46. The largest absolute Gasteiger partial charge is 0.505 e. The van der Waals surface area contributed by atoms with Gasteiger partial charge in [0.15, 0.2) is 11.6 Å². The molecule has 2 N–H and O–H groups in total. The molecule has 1 heterocycles. The van der Waals surface area contributed by atoms with Crippen molar-refractivity contribution in [3.05, 3.63) is 24.0 Å². The van der Waals surface area contributed by atoms with Gasteiger partial charge in [-0.15, -0.1) is 0 Å². The lowest BCUT2D eigenvalue weighted by Gasteiger charge is -2.28. The van der Waals surface area contributed by atoms with E-state index in [2.05, 4.69) is 5.32 Å². The van der Waals surface area contributed by atoms with E-state index in [0.29, 0.717) is 19.4 Å². The Hall–Kier alpha value is -2.31. The van der Waals surface area contributed by atoms with Gasteiger partial charge in [0.2, 0.25) is 5.91 Å². The SMILES string of the molecule is CC(C)(C)OC(=O)N1CCC[C@H]1C(=O)Nc1cccc(O)c1F. The summed E-state index contributed by atoms with van der Waals surface area (Å²) in [6, 6.07) is 3.24. The number of anilines is 1. The van der Waals surface area contributed by atoms with Crippen molar-refractivity contribution < 1.29 is 23.8 Å². The maximum Gasteiger partial charge on any atom is 0.410 e. The highest BCUT2D eigenvalue weighted by atomic mass is 19.1. The first-order valence-corrected chi connectivity index (χ1v) is 7.47. The Labute approximate surface area is 134 Å². The van der Waals surface area contributed by atoms with E-state index < -0.39 is 35.2 Å². The molecule has 0 saturated carbocycles. The summed E-state index contributed by atoms with van der Waals surface area (Å²) < 4.78 is 19.0. The van der Waals surface area contributed by atoms with Gasteiger partial charge < -0.3 is 15.2 Å². The van der Waals surface area contributed by atoms with Gasteiger partial charge in [-0.25, -0.2) is 9.18 Å². The molecule has 126 valence electrons. The van der Waals surface area contributed by atoms with Crippen LogP contribution in [0.1, 0.15) is 33.6 Å². The van der Waals surface area contributed by atoms with Crippen LogP contribution in [-0.2, 0) is 9.53 Å². The van der Waals surface area contributed by atoms with Crippen molar-refractivity contribution in [1.29, 1.82) is 0 Å². The summed E-state index contributed by atoms with van der Waals surface area (Å²) in [7, 11) is 0. The zero-order chi connectivity index (χ0) is 17.2. The highest BCUT2D eigenvalue weighted by Crippen LogP contribution is 2.25. The highest BCUT2D eigenvalue weighted by molar-refractivity contribution is 5.97. The van der Waals surface area contributed by atoms with Crippen molar-refractivity contribution in [1.82, 2.24) is 4.90 Å². The Kier molecular flexibility index (Phi) is 4.77.